The highest BCUT2D eigenvalue weighted by atomic mass is 35.5. The number of hydrogen-bond acceptors (Lipinski definition) is 5. The normalized spacial score (nSPS) is 21.6. The molecule has 0 bridgehead atoms. The number of hydrogen-bond donors (Lipinski definition) is 1. The maximum absolute atomic E-state index is 6.36. The van der Waals surface area contributed by atoms with E-state index in [0.717, 1.165) is 34.8 Å². The van der Waals surface area contributed by atoms with Crippen LogP contribution in [0.15, 0.2) is 12.1 Å². The summed E-state index contributed by atoms with van der Waals surface area (Å²) in [5.41, 5.74) is 2.74. The van der Waals surface area contributed by atoms with Crippen molar-refractivity contribution in [2.24, 2.45) is 5.92 Å². The van der Waals surface area contributed by atoms with E-state index in [-0.39, 0.29) is 0 Å². The monoisotopic (exact) mass is 324 g/mol. The third-order valence-corrected chi connectivity index (χ3v) is 5.30. The van der Waals surface area contributed by atoms with E-state index < -0.39 is 0 Å². The average molecular weight is 325 g/mol. The second-order valence-corrected chi connectivity index (χ2v) is 6.72. The molecule has 6 heteroatoms. The van der Waals surface area contributed by atoms with E-state index in [1.165, 1.54) is 31.1 Å². The lowest BCUT2D eigenvalue weighted by Gasteiger charge is -2.35. The number of halogens is 1. The zero-order valence-electron chi connectivity index (χ0n) is 12.5. The summed E-state index contributed by atoms with van der Waals surface area (Å²) >= 11 is 7.60. The average Bonchev–Trinajstić information content (AvgIpc) is 2.99. The van der Waals surface area contributed by atoms with Crippen LogP contribution in [-0.2, 0) is 0 Å². The minimum absolute atomic E-state index is 0.379. The fourth-order valence-corrected chi connectivity index (χ4v) is 3.85. The molecule has 3 rings (SSSR count). The summed E-state index contributed by atoms with van der Waals surface area (Å²) in [5.74, 6) is 0.650. The number of nitrogens with zero attached hydrogens (tertiary/aromatic N) is 3. The molecule has 2 aromatic rings. The topological polar surface area (TPSA) is 41.0 Å². The predicted octanol–water partition coefficient (Wildman–Crippen LogP) is 3.88. The van der Waals surface area contributed by atoms with Gasteiger partial charge in [-0.1, -0.05) is 18.5 Å². The first-order chi connectivity index (χ1) is 10.2. The molecule has 4 nitrogen and oxygen atoms in total. The van der Waals surface area contributed by atoms with Crippen LogP contribution in [0.2, 0.25) is 5.02 Å². The molecule has 2 heterocycles. The molecule has 1 saturated heterocycles. The smallest absolute Gasteiger partial charge is 0.129 e. The Bertz CT molecular complexity index is 615. The standard InChI is InChI=1S/C15H21ClN4S/c1-3-20-8-4-5-11(9-20)10(2)17-14-12(16)6-7-13-15(14)19-21-18-13/h6-7,10-11,17H,3-5,8-9H2,1-2H3. The summed E-state index contributed by atoms with van der Waals surface area (Å²) in [6, 6.07) is 4.21. The minimum Gasteiger partial charge on any atom is -0.379 e. The molecule has 0 amide bonds. The molecule has 1 fully saturated rings. The number of benzene rings is 1. The number of rotatable bonds is 4. The fraction of sp³-hybridized carbons (Fsp3) is 0.600. The Morgan fingerprint density at radius 2 is 2.33 bits per heavy atom. The Morgan fingerprint density at radius 1 is 1.48 bits per heavy atom. The van der Waals surface area contributed by atoms with Gasteiger partial charge in [-0.3, -0.25) is 0 Å². The molecule has 21 heavy (non-hydrogen) atoms. The fourth-order valence-electron chi connectivity index (χ4n) is 3.10. The molecule has 1 aromatic carbocycles. The first-order valence-electron chi connectivity index (χ1n) is 7.58. The van der Waals surface area contributed by atoms with Crippen LogP contribution in [0.5, 0.6) is 0 Å². The molecule has 0 aliphatic carbocycles. The number of anilines is 1. The van der Waals surface area contributed by atoms with Gasteiger partial charge in [0, 0.05) is 12.6 Å². The Balaban J connectivity index is 1.78. The van der Waals surface area contributed by atoms with Crippen molar-refractivity contribution < 1.29 is 0 Å². The lowest BCUT2D eigenvalue weighted by Crippen LogP contribution is -2.41. The number of fused-ring (bicyclic) bond motifs is 1. The molecule has 114 valence electrons. The van der Waals surface area contributed by atoms with Gasteiger partial charge < -0.3 is 10.2 Å². The molecule has 1 aliphatic heterocycles. The van der Waals surface area contributed by atoms with Crippen molar-refractivity contribution in [2.75, 3.05) is 25.0 Å². The van der Waals surface area contributed by atoms with Crippen LogP contribution in [0.3, 0.4) is 0 Å². The zero-order chi connectivity index (χ0) is 14.8. The molecule has 1 aromatic heterocycles. The molecule has 0 spiro atoms. The van der Waals surface area contributed by atoms with Gasteiger partial charge in [0.25, 0.3) is 0 Å². The molecule has 0 radical (unpaired) electrons. The number of nitrogens with one attached hydrogen (secondary N) is 1. The largest absolute Gasteiger partial charge is 0.379 e. The third kappa shape index (κ3) is 3.15. The maximum atomic E-state index is 6.36. The van der Waals surface area contributed by atoms with E-state index in [9.17, 15) is 0 Å². The van der Waals surface area contributed by atoms with Gasteiger partial charge in [-0.05, 0) is 50.9 Å². The number of aromatic nitrogens is 2. The van der Waals surface area contributed by atoms with Gasteiger partial charge in [-0.25, -0.2) is 0 Å². The highest BCUT2D eigenvalue weighted by Crippen LogP contribution is 2.32. The van der Waals surface area contributed by atoms with E-state index in [1.54, 1.807) is 0 Å². The SMILES string of the molecule is CCN1CCCC(C(C)Nc2c(Cl)ccc3nsnc23)C1. The molecule has 0 saturated carbocycles. The van der Waals surface area contributed by atoms with Gasteiger partial charge in [0.2, 0.25) is 0 Å². The van der Waals surface area contributed by atoms with Crippen molar-refractivity contribution in [2.45, 2.75) is 32.7 Å². The Labute approximate surface area is 134 Å². The van der Waals surface area contributed by atoms with Crippen molar-refractivity contribution in [3.05, 3.63) is 17.2 Å². The Morgan fingerprint density at radius 3 is 3.14 bits per heavy atom. The van der Waals surface area contributed by atoms with Crippen LogP contribution in [0.1, 0.15) is 26.7 Å². The second kappa shape index (κ2) is 6.46. The van der Waals surface area contributed by atoms with Crippen LogP contribution in [-0.4, -0.2) is 39.3 Å². The zero-order valence-corrected chi connectivity index (χ0v) is 14.0. The van der Waals surface area contributed by atoms with E-state index in [1.807, 2.05) is 12.1 Å². The van der Waals surface area contributed by atoms with Gasteiger partial charge >= 0.3 is 0 Å². The quantitative estimate of drug-likeness (QED) is 0.926. The highest BCUT2D eigenvalue weighted by Gasteiger charge is 2.25. The van der Waals surface area contributed by atoms with Crippen LogP contribution >= 0.6 is 23.3 Å². The number of piperidine rings is 1. The summed E-state index contributed by atoms with van der Waals surface area (Å²) in [6.07, 6.45) is 2.55. The summed E-state index contributed by atoms with van der Waals surface area (Å²) in [6.45, 7) is 8.01. The molecular weight excluding hydrogens is 304 g/mol. The first-order valence-corrected chi connectivity index (χ1v) is 8.69. The molecule has 1 N–H and O–H groups in total. The van der Waals surface area contributed by atoms with E-state index in [4.69, 9.17) is 11.6 Å². The molecular formula is C15H21ClN4S. The van der Waals surface area contributed by atoms with Gasteiger partial charge in [0.05, 0.1) is 22.4 Å². The van der Waals surface area contributed by atoms with Crippen LogP contribution in [0, 0.1) is 5.92 Å². The van der Waals surface area contributed by atoms with Crippen LogP contribution < -0.4 is 5.32 Å². The lowest BCUT2D eigenvalue weighted by molar-refractivity contribution is 0.172. The molecule has 1 aliphatic rings. The molecule has 2 atom stereocenters. The van der Waals surface area contributed by atoms with Crippen molar-refractivity contribution in [3.63, 3.8) is 0 Å². The van der Waals surface area contributed by atoms with Crippen molar-refractivity contribution in [1.82, 2.24) is 13.6 Å². The van der Waals surface area contributed by atoms with Crippen molar-refractivity contribution in [1.29, 1.82) is 0 Å². The van der Waals surface area contributed by atoms with E-state index in [2.05, 4.69) is 32.8 Å². The van der Waals surface area contributed by atoms with Crippen LogP contribution in [0.4, 0.5) is 5.69 Å². The summed E-state index contributed by atoms with van der Waals surface area (Å²) in [4.78, 5) is 2.53. The first kappa shape index (κ1) is 15.0. The second-order valence-electron chi connectivity index (χ2n) is 5.78. The summed E-state index contributed by atoms with van der Waals surface area (Å²) in [5, 5.41) is 4.33. The summed E-state index contributed by atoms with van der Waals surface area (Å²) < 4.78 is 8.67. The van der Waals surface area contributed by atoms with Gasteiger partial charge in [0.15, 0.2) is 0 Å². The van der Waals surface area contributed by atoms with Gasteiger partial charge in [0.1, 0.15) is 11.0 Å². The minimum atomic E-state index is 0.379. The highest BCUT2D eigenvalue weighted by molar-refractivity contribution is 7.00. The van der Waals surface area contributed by atoms with Crippen LogP contribution in [0.25, 0.3) is 11.0 Å². The number of likely N-dealkylation sites (tertiary alicyclic amines) is 1. The predicted molar refractivity (Wildman–Crippen MR) is 90.3 cm³/mol. The van der Waals surface area contributed by atoms with Crippen molar-refractivity contribution in [3.8, 4) is 0 Å². The Hall–Kier alpha value is -0.910. The lowest BCUT2D eigenvalue weighted by atomic mass is 9.91. The van der Waals surface area contributed by atoms with E-state index in [0.29, 0.717) is 12.0 Å². The van der Waals surface area contributed by atoms with E-state index >= 15 is 0 Å². The van der Waals surface area contributed by atoms with Gasteiger partial charge in [-0.2, -0.15) is 8.75 Å². The summed E-state index contributed by atoms with van der Waals surface area (Å²) in [7, 11) is 0. The Kier molecular flexibility index (Phi) is 4.62. The van der Waals surface area contributed by atoms with Crippen molar-refractivity contribution >= 4 is 40.0 Å². The van der Waals surface area contributed by atoms with Gasteiger partial charge in [-0.15, -0.1) is 0 Å². The maximum Gasteiger partial charge on any atom is 0.129 e. The molecule has 2 unspecified atom stereocenters. The third-order valence-electron chi connectivity index (χ3n) is 4.45.